The third-order valence-corrected chi connectivity index (χ3v) is 14.1. The number of hydrogen-bond acceptors (Lipinski definition) is 5. The van der Waals surface area contributed by atoms with Crippen LogP contribution in [0.1, 0.15) is 239 Å². The molecule has 0 saturated heterocycles. The molecule has 0 saturated carbocycles. The zero-order valence-corrected chi connectivity index (χ0v) is 51.0. The van der Waals surface area contributed by atoms with E-state index in [-0.39, 0.29) is 19.1 Å². The Bertz CT molecular complexity index is 1710. The number of phosphoric ester groups is 1. The molecule has 0 heterocycles. The van der Waals surface area contributed by atoms with Crippen molar-refractivity contribution in [2.45, 2.75) is 251 Å². The summed E-state index contributed by atoms with van der Waals surface area (Å²) < 4.78 is 23.8. The van der Waals surface area contributed by atoms with E-state index in [0.29, 0.717) is 23.9 Å². The highest BCUT2D eigenvalue weighted by Gasteiger charge is 2.28. The van der Waals surface area contributed by atoms with E-state index < -0.39 is 20.0 Å². The van der Waals surface area contributed by atoms with Crippen molar-refractivity contribution in [1.82, 2.24) is 5.32 Å². The molecule has 0 fully saturated rings. The summed E-state index contributed by atoms with van der Waals surface area (Å²) in [4.78, 5) is 23.3. The van der Waals surface area contributed by atoms with Crippen LogP contribution < -0.4 is 5.32 Å². The van der Waals surface area contributed by atoms with Crippen LogP contribution in [0.15, 0.2) is 134 Å². The lowest BCUT2D eigenvalue weighted by Crippen LogP contribution is -2.46. The molecule has 0 radical (unpaired) electrons. The summed E-state index contributed by atoms with van der Waals surface area (Å²) in [6.07, 6.45) is 86.6. The number of unbranched alkanes of at least 4 members (excludes halogenated alkanes) is 20. The largest absolute Gasteiger partial charge is 0.472 e. The van der Waals surface area contributed by atoms with Gasteiger partial charge in [0, 0.05) is 6.42 Å². The molecule has 1 amide bonds. The minimum absolute atomic E-state index is 0.0662. The molecule has 3 unspecified atom stereocenters. The van der Waals surface area contributed by atoms with Gasteiger partial charge < -0.3 is 19.8 Å². The predicted octanol–water partition coefficient (Wildman–Crippen LogP) is 19.5. The van der Waals surface area contributed by atoms with Crippen molar-refractivity contribution >= 4 is 13.7 Å². The Morgan fingerprint density at radius 3 is 1.14 bits per heavy atom. The maximum atomic E-state index is 13.0. The van der Waals surface area contributed by atoms with Gasteiger partial charge in [0.15, 0.2) is 0 Å². The first-order valence-electron chi connectivity index (χ1n) is 31.0. The molecular weight excluding hydrogens is 972 g/mol. The smallest absolute Gasteiger partial charge is 0.391 e. The van der Waals surface area contributed by atoms with E-state index in [4.69, 9.17) is 9.05 Å². The van der Waals surface area contributed by atoms with Gasteiger partial charge in [-0.05, 0) is 96.3 Å². The van der Waals surface area contributed by atoms with Gasteiger partial charge in [-0.1, -0.05) is 270 Å². The maximum Gasteiger partial charge on any atom is 0.472 e. The average molecular weight is 1090 g/mol. The Labute approximate surface area is 475 Å². The van der Waals surface area contributed by atoms with E-state index >= 15 is 0 Å². The van der Waals surface area contributed by atoms with Crippen LogP contribution in [0.4, 0.5) is 0 Å². The number of carbonyl (C=O) groups is 1. The Balaban J connectivity index is 4.11. The van der Waals surface area contributed by atoms with E-state index in [0.717, 1.165) is 122 Å². The number of carbonyl (C=O) groups excluding carboxylic acids is 1. The third-order valence-electron chi connectivity index (χ3n) is 13.2. The highest BCUT2D eigenvalue weighted by molar-refractivity contribution is 7.47. The first-order valence-corrected chi connectivity index (χ1v) is 32.5. The molecule has 0 aliphatic rings. The molecular formula is C68H118N2O6P+. The summed E-state index contributed by atoms with van der Waals surface area (Å²) in [6, 6.07) is -0.775. The van der Waals surface area contributed by atoms with Gasteiger partial charge in [-0.2, -0.15) is 0 Å². The number of nitrogens with zero attached hydrogens (tertiary/aromatic N) is 1. The monoisotopic (exact) mass is 1090 g/mol. The summed E-state index contributed by atoms with van der Waals surface area (Å²) in [6.45, 7) is 4.75. The number of rotatable bonds is 55. The quantitative estimate of drug-likeness (QED) is 0.0243. The lowest BCUT2D eigenvalue weighted by atomic mass is 10.0. The van der Waals surface area contributed by atoms with Gasteiger partial charge in [-0.25, -0.2) is 4.57 Å². The Kier molecular flexibility index (Phi) is 54.8. The van der Waals surface area contributed by atoms with Crippen molar-refractivity contribution in [1.29, 1.82) is 0 Å². The van der Waals surface area contributed by atoms with E-state index in [9.17, 15) is 19.4 Å². The molecule has 0 aliphatic heterocycles. The lowest BCUT2D eigenvalue weighted by Gasteiger charge is -2.26. The number of aliphatic hydroxyl groups excluding tert-OH is 1. The molecule has 8 nitrogen and oxygen atoms in total. The van der Waals surface area contributed by atoms with Crippen molar-refractivity contribution in [3.8, 4) is 0 Å². The normalized spacial score (nSPS) is 14.7. The Hall–Kier alpha value is -3.36. The van der Waals surface area contributed by atoms with Crippen LogP contribution in [0.5, 0.6) is 0 Å². The second-order valence-electron chi connectivity index (χ2n) is 21.7. The summed E-state index contributed by atoms with van der Waals surface area (Å²) in [7, 11) is 1.59. The second kappa shape index (κ2) is 57.3. The topological polar surface area (TPSA) is 105 Å². The van der Waals surface area contributed by atoms with Crippen molar-refractivity contribution < 1.29 is 32.9 Å². The molecule has 9 heteroatoms. The zero-order chi connectivity index (χ0) is 56.3. The van der Waals surface area contributed by atoms with Gasteiger partial charge in [0.25, 0.3) is 0 Å². The Morgan fingerprint density at radius 1 is 0.455 bits per heavy atom. The summed E-state index contributed by atoms with van der Waals surface area (Å²) in [5.41, 5.74) is 0. The molecule has 0 aromatic rings. The van der Waals surface area contributed by atoms with Gasteiger partial charge in [-0.15, -0.1) is 0 Å². The van der Waals surface area contributed by atoms with Crippen molar-refractivity contribution in [3.05, 3.63) is 134 Å². The summed E-state index contributed by atoms with van der Waals surface area (Å²) in [5, 5.41) is 14.0. The van der Waals surface area contributed by atoms with Crippen LogP contribution in [0, 0.1) is 0 Å². The fourth-order valence-electron chi connectivity index (χ4n) is 8.35. The van der Waals surface area contributed by atoms with Crippen LogP contribution in [0.3, 0.4) is 0 Å². The minimum Gasteiger partial charge on any atom is -0.391 e. The first-order chi connectivity index (χ1) is 37.5. The van der Waals surface area contributed by atoms with E-state index in [2.05, 4.69) is 153 Å². The SMILES string of the molecule is CC/C=C\C/C=C\C/C=C\C/C=C\C/C=C\C/C=C\C/C=C\C/C=C\C/C=C\C/C=C\C/C=C\CCCCCCCCCC(=O)NC(COP(=O)(O)OCC[N+](C)(C)C)C(O)CCCCCCCCCCCCCCCC. The van der Waals surface area contributed by atoms with Crippen LogP contribution in [0.25, 0.3) is 0 Å². The van der Waals surface area contributed by atoms with Crippen LogP contribution in [-0.4, -0.2) is 73.4 Å². The van der Waals surface area contributed by atoms with E-state index in [1.54, 1.807) is 0 Å². The highest BCUT2D eigenvalue weighted by Crippen LogP contribution is 2.43. The maximum absolute atomic E-state index is 13.0. The molecule has 0 aliphatic carbocycles. The van der Waals surface area contributed by atoms with Crippen LogP contribution in [0.2, 0.25) is 0 Å². The standard InChI is InChI=1S/C68H117N2O6P/c1-6-8-10-12-14-16-18-20-22-23-24-25-26-27-28-29-30-31-32-33-34-35-36-37-38-39-40-41-42-43-44-45-46-47-48-50-52-54-56-58-60-62-68(72)69-66(65-76-77(73,74)75-64-63-70(3,4)5)67(71)61-59-57-55-53-51-49-21-19-17-15-13-11-9-7-2/h8,10,14,16,20,22,24-25,27-28,30-31,33-34,36-37,39-40,42-43,45-46,66-67,71H,6-7,9,11-13,15,17-19,21,23,26,29,32,35,38,41,44,47-65H2,1-5H3,(H-,69,72,73,74)/p+1/b10-8-,16-14-,22-20-,25-24-,28-27-,31-30-,34-33-,37-36-,40-39-,43-42-,46-45-. The number of allylic oxidation sites excluding steroid dienone is 22. The van der Waals surface area contributed by atoms with Gasteiger partial charge >= 0.3 is 7.82 Å². The minimum atomic E-state index is -4.33. The fourth-order valence-corrected chi connectivity index (χ4v) is 9.08. The molecule has 0 rings (SSSR count). The number of likely N-dealkylation sites (N-methyl/N-ethyl adjacent to an activating group) is 1. The number of hydrogen-bond donors (Lipinski definition) is 3. The Morgan fingerprint density at radius 2 is 0.779 bits per heavy atom. The van der Waals surface area contributed by atoms with Crippen molar-refractivity contribution in [2.75, 3.05) is 40.9 Å². The van der Waals surface area contributed by atoms with Gasteiger partial charge in [0.05, 0.1) is 39.9 Å². The highest BCUT2D eigenvalue weighted by atomic mass is 31.2. The van der Waals surface area contributed by atoms with Crippen LogP contribution >= 0.6 is 7.82 Å². The predicted molar refractivity (Wildman–Crippen MR) is 336 cm³/mol. The van der Waals surface area contributed by atoms with E-state index in [1.165, 1.54) is 89.9 Å². The number of quaternary nitrogens is 1. The number of aliphatic hydroxyl groups is 1. The lowest BCUT2D eigenvalue weighted by molar-refractivity contribution is -0.870. The molecule has 0 bridgehead atoms. The number of phosphoric acid groups is 1. The van der Waals surface area contributed by atoms with Gasteiger partial charge in [0.2, 0.25) is 5.91 Å². The molecule has 0 spiro atoms. The number of nitrogens with one attached hydrogen (secondary N) is 1. The second-order valence-corrected chi connectivity index (χ2v) is 23.2. The number of amides is 1. The van der Waals surface area contributed by atoms with Gasteiger partial charge in [-0.3, -0.25) is 13.8 Å². The zero-order valence-electron chi connectivity index (χ0n) is 50.1. The molecule has 440 valence electrons. The van der Waals surface area contributed by atoms with Crippen LogP contribution in [-0.2, 0) is 18.4 Å². The van der Waals surface area contributed by atoms with Gasteiger partial charge in [0.1, 0.15) is 13.2 Å². The van der Waals surface area contributed by atoms with E-state index in [1.807, 2.05) is 21.1 Å². The van der Waals surface area contributed by atoms with Crippen molar-refractivity contribution in [3.63, 3.8) is 0 Å². The molecule has 0 aromatic heterocycles. The van der Waals surface area contributed by atoms with Crippen molar-refractivity contribution in [2.24, 2.45) is 0 Å². The summed E-state index contributed by atoms with van der Waals surface area (Å²) >= 11 is 0. The molecule has 3 N–H and O–H groups in total. The average Bonchev–Trinajstić information content (AvgIpc) is 3.39. The first kappa shape index (κ1) is 73.6. The molecule has 77 heavy (non-hydrogen) atoms. The fraction of sp³-hybridized carbons (Fsp3) is 0.662. The molecule has 0 aromatic carbocycles. The summed E-state index contributed by atoms with van der Waals surface area (Å²) in [5.74, 6) is -0.161. The molecule has 3 atom stereocenters. The third kappa shape index (κ3) is 60.1.